The number of alkyl halides is 3. The van der Waals surface area contributed by atoms with Crippen molar-refractivity contribution in [1.82, 2.24) is 14.8 Å². The summed E-state index contributed by atoms with van der Waals surface area (Å²) < 4.78 is 48.3. The predicted octanol–water partition coefficient (Wildman–Crippen LogP) is 3.92. The second kappa shape index (κ2) is 7.40. The van der Waals surface area contributed by atoms with Crippen molar-refractivity contribution in [3.05, 3.63) is 48.3 Å². The molecule has 2 aromatic heterocycles. The van der Waals surface area contributed by atoms with Gasteiger partial charge in [-0.3, -0.25) is 0 Å². The van der Waals surface area contributed by atoms with E-state index in [2.05, 4.69) is 14.8 Å². The predicted molar refractivity (Wildman–Crippen MR) is 94.1 cm³/mol. The third kappa shape index (κ3) is 4.10. The van der Waals surface area contributed by atoms with Crippen LogP contribution in [0.4, 0.5) is 13.2 Å². The van der Waals surface area contributed by atoms with Gasteiger partial charge in [0.1, 0.15) is 11.9 Å². The summed E-state index contributed by atoms with van der Waals surface area (Å²) in [7, 11) is 0. The molecule has 0 bridgehead atoms. The molecule has 0 amide bonds. The zero-order valence-corrected chi connectivity index (χ0v) is 14.8. The van der Waals surface area contributed by atoms with Crippen LogP contribution in [0.1, 0.15) is 30.9 Å². The molecule has 1 N–H and O–H groups in total. The fourth-order valence-electron chi connectivity index (χ4n) is 2.98. The Bertz CT molecular complexity index is 970. The SMILES string of the molecule is O[C@H](COC1CCC1)c1cnc2c(cnn2-c2cccc(OC(F)(F)F)c2)c1. The molecule has 0 saturated heterocycles. The number of aliphatic hydroxyl groups is 1. The molecule has 3 aromatic rings. The van der Waals surface area contributed by atoms with Crippen LogP contribution < -0.4 is 4.74 Å². The van der Waals surface area contributed by atoms with Gasteiger partial charge in [-0.05, 0) is 37.5 Å². The Labute approximate surface area is 158 Å². The number of hydrogen-bond donors (Lipinski definition) is 1. The summed E-state index contributed by atoms with van der Waals surface area (Å²) in [5.74, 6) is -0.339. The van der Waals surface area contributed by atoms with Crippen molar-refractivity contribution in [3.8, 4) is 11.4 Å². The van der Waals surface area contributed by atoms with Crippen molar-refractivity contribution >= 4 is 11.0 Å². The zero-order valence-electron chi connectivity index (χ0n) is 14.8. The van der Waals surface area contributed by atoms with Crippen molar-refractivity contribution in [2.24, 2.45) is 0 Å². The smallest absolute Gasteiger partial charge is 0.406 e. The van der Waals surface area contributed by atoms with E-state index < -0.39 is 12.5 Å². The number of pyridine rings is 1. The van der Waals surface area contributed by atoms with E-state index in [0.717, 1.165) is 19.3 Å². The fourth-order valence-corrected chi connectivity index (χ4v) is 2.98. The highest BCUT2D eigenvalue weighted by molar-refractivity contribution is 5.77. The van der Waals surface area contributed by atoms with Crippen LogP contribution in [0.3, 0.4) is 0 Å². The molecule has 0 unspecified atom stereocenters. The summed E-state index contributed by atoms with van der Waals surface area (Å²) in [6.07, 6.45) is 0.915. The minimum Gasteiger partial charge on any atom is -0.406 e. The molecule has 0 spiro atoms. The van der Waals surface area contributed by atoms with Crippen molar-refractivity contribution < 1.29 is 27.8 Å². The van der Waals surface area contributed by atoms with Crippen LogP contribution >= 0.6 is 0 Å². The zero-order chi connectivity index (χ0) is 19.7. The average molecular weight is 393 g/mol. The van der Waals surface area contributed by atoms with Gasteiger partial charge in [-0.25, -0.2) is 9.67 Å². The number of nitrogens with zero attached hydrogens (tertiary/aromatic N) is 3. The van der Waals surface area contributed by atoms with E-state index in [9.17, 15) is 18.3 Å². The van der Waals surface area contributed by atoms with E-state index in [1.165, 1.54) is 29.1 Å². The summed E-state index contributed by atoms with van der Waals surface area (Å²) in [5.41, 5.74) is 1.44. The summed E-state index contributed by atoms with van der Waals surface area (Å²) in [4.78, 5) is 4.33. The topological polar surface area (TPSA) is 69.4 Å². The number of aromatic nitrogens is 3. The Morgan fingerprint density at radius 2 is 2.04 bits per heavy atom. The lowest BCUT2D eigenvalue weighted by Crippen LogP contribution is -2.24. The molecular weight excluding hydrogens is 375 g/mol. The summed E-state index contributed by atoms with van der Waals surface area (Å²) >= 11 is 0. The van der Waals surface area contributed by atoms with Gasteiger partial charge in [-0.15, -0.1) is 13.2 Å². The standard InChI is InChI=1S/C19H18F3N3O3/c20-19(21,22)28-16-6-1-3-14(8-16)25-18-13(10-24-25)7-12(9-23-18)17(26)11-27-15-4-2-5-15/h1,3,6-10,15,17,26H,2,4-5,11H2/t17-/m1/s1. The van der Waals surface area contributed by atoms with Crippen LogP contribution in [0.5, 0.6) is 5.75 Å². The molecule has 6 nitrogen and oxygen atoms in total. The highest BCUT2D eigenvalue weighted by Gasteiger charge is 2.31. The first kappa shape index (κ1) is 18.7. The minimum atomic E-state index is -4.77. The van der Waals surface area contributed by atoms with Gasteiger partial charge in [-0.2, -0.15) is 5.10 Å². The minimum absolute atomic E-state index is 0.197. The molecule has 1 atom stereocenters. The summed E-state index contributed by atoms with van der Waals surface area (Å²) in [6, 6.07) is 7.24. The summed E-state index contributed by atoms with van der Waals surface area (Å²) in [5, 5.41) is 15.2. The second-order valence-corrected chi connectivity index (χ2v) is 6.69. The Balaban J connectivity index is 1.55. The lowest BCUT2D eigenvalue weighted by atomic mass is 9.96. The van der Waals surface area contributed by atoms with Gasteiger partial charge in [0.15, 0.2) is 5.65 Å². The highest BCUT2D eigenvalue weighted by Crippen LogP contribution is 2.27. The number of ether oxygens (including phenoxy) is 2. The molecule has 148 valence electrons. The van der Waals surface area contributed by atoms with Crippen LogP contribution in [0, 0.1) is 0 Å². The van der Waals surface area contributed by atoms with Crippen LogP contribution in [0.15, 0.2) is 42.7 Å². The van der Waals surface area contributed by atoms with Gasteiger partial charge in [-0.1, -0.05) is 6.07 Å². The molecule has 1 saturated carbocycles. The van der Waals surface area contributed by atoms with E-state index in [4.69, 9.17) is 4.74 Å². The van der Waals surface area contributed by atoms with Gasteiger partial charge >= 0.3 is 6.36 Å². The van der Waals surface area contributed by atoms with E-state index in [1.54, 1.807) is 18.3 Å². The van der Waals surface area contributed by atoms with Gasteiger partial charge in [0.2, 0.25) is 0 Å². The third-order valence-electron chi connectivity index (χ3n) is 4.65. The third-order valence-corrected chi connectivity index (χ3v) is 4.65. The maximum atomic E-state index is 12.4. The number of benzene rings is 1. The van der Waals surface area contributed by atoms with E-state index in [1.807, 2.05) is 0 Å². The quantitative estimate of drug-likeness (QED) is 0.687. The maximum Gasteiger partial charge on any atom is 0.573 e. The van der Waals surface area contributed by atoms with Gasteiger partial charge in [0.25, 0.3) is 0 Å². The van der Waals surface area contributed by atoms with Crippen LogP contribution in [0.25, 0.3) is 16.7 Å². The van der Waals surface area contributed by atoms with Gasteiger partial charge in [0, 0.05) is 23.2 Å². The molecule has 0 radical (unpaired) electrons. The van der Waals surface area contributed by atoms with Gasteiger partial charge in [0.05, 0.1) is 24.6 Å². The van der Waals surface area contributed by atoms with E-state index in [0.29, 0.717) is 22.3 Å². The van der Waals surface area contributed by atoms with Gasteiger partial charge < -0.3 is 14.6 Å². The maximum absolute atomic E-state index is 12.4. The normalized spacial score (nSPS) is 16.1. The fraction of sp³-hybridized carbons (Fsp3) is 0.368. The monoisotopic (exact) mass is 393 g/mol. The molecule has 1 aromatic carbocycles. The number of aliphatic hydroxyl groups excluding tert-OH is 1. The Morgan fingerprint density at radius 3 is 2.75 bits per heavy atom. The van der Waals surface area contributed by atoms with Crippen LogP contribution in [-0.4, -0.2) is 38.9 Å². The molecule has 4 rings (SSSR count). The number of halogens is 3. The molecule has 1 aliphatic rings. The molecule has 28 heavy (non-hydrogen) atoms. The molecule has 1 fully saturated rings. The van der Waals surface area contributed by atoms with E-state index in [-0.39, 0.29) is 18.5 Å². The first-order valence-electron chi connectivity index (χ1n) is 8.88. The molecular formula is C19H18F3N3O3. The van der Waals surface area contributed by atoms with Crippen LogP contribution in [-0.2, 0) is 4.74 Å². The first-order valence-corrected chi connectivity index (χ1v) is 8.88. The summed E-state index contributed by atoms with van der Waals surface area (Å²) in [6.45, 7) is 0.197. The number of hydrogen-bond acceptors (Lipinski definition) is 5. The van der Waals surface area contributed by atoms with Crippen molar-refractivity contribution in [1.29, 1.82) is 0 Å². The first-order chi connectivity index (χ1) is 13.4. The largest absolute Gasteiger partial charge is 0.573 e. The van der Waals surface area contributed by atoms with Crippen molar-refractivity contribution in [2.75, 3.05) is 6.61 Å². The molecule has 0 aliphatic heterocycles. The van der Waals surface area contributed by atoms with Crippen molar-refractivity contribution in [3.63, 3.8) is 0 Å². The Kier molecular flexibility index (Phi) is 4.94. The lowest BCUT2D eigenvalue weighted by Gasteiger charge is -2.26. The Hall–Kier alpha value is -2.65. The Morgan fingerprint density at radius 1 is 1.21 bits per heavy atom. The van der Waals surface area contributed by atoms with Crippen LogP contribution in [0.2, 0.25) is 0 Å². The molecule has 2 heterocycles. The number of rotatable bonds is 6. The molecule has 1 aliphatic carbocycles. The van der Waals surface area contributed by atoms with Crippen molar-refractivity contribution in [2.45, 2.75) is 37.8 Å². The number of fused-ring (bicyclic) bond motifs is 1. The lowest BCUT2D eigenvalue weighted by molar-refractivity contribution is -0.274. The average Bonchev–Trinajstić information content (AvgIpc) is 3.02. The second-order valence-electron chi connectivity index (χ2n) is 6.69. The highest BCUT2D eigenvalue weighted by atomic mass is 19.4. The van der Waals surface area contributed by atoms with E-state index >= 15 is 0 Å². The molecule has 9 heteroatoms.